The fraction of sp³-hybridized carbons (Fsp3) is 0.462. The first-order chi connectivity index (χ1) is 8.61. The van der Waals surface area contributed by atoms with Crippen molar-refractivity contribution in [2.45, 2.75) is 38.4 Å². The Kier molecular flexibility index (Phi) is 3.96. The summed E-state index contributed by atoms with van der Waals surface area (Å²) < 4.78 is 9.98. The van der Waals surface area contributed by atoms with Gasteiger partial charge in [-0.2, -0.15) is 0 Å². The molecule has 0 amide bonds. The van der Waals surface area contributed by atoms with Crippen LogP contribution in [0.25, 0.3) is 0 Å². The van der Waals surface area contributed by atoms with Crippen molar-refractivity contribution in [1.82, 2.24) is 0 Å². The molecule has 0 aromatic heterocycles. The van der Waals surface area contributed by atoms with E-state index in [0.29, 0.717) is 18.4 Å². The second-order valence-corrected chi connectivity index (χ2v) is 4.20. The lowest BCUT2D eigenvalue weighted by Crippen LogP contribution is -2.32. The van der Waals surface area contributed by atoms with E-state index in [-0.39, 0.29) is 0 Å². The Balaban J connectivity index is 2.05. The van der Waals surface area contributed by atoms with Crippen LogP contribution in [0.3, 0.4) is 0 Å². The molecular formula is C13H16O5. The molecular weight excluding hydrogens is 236 g/mol. The maximum atomic E-state index is 11.0. The zero-order valence-electron chi connectivity index (χ0n) is 10.1. The number of carbonyl (C=O) groups is 1. The van der Waals surface area contributed by atoms with Crippen molar-refractivity contribution in [1.29, 1.82) is 0 Å². The summed E-state index contributed by atoms with van der Waals surface area (Å²) in [5.74, 6) is -0.584. The molecule has 2 aliphatic rings. The summed E-state index contributed by atoms with van der Waals surface area (Å²) in [7, 11) is 0. The van der Waals surface area contributed by atoms with Gasteiger partial charge in [0.25, 0.3) is 0 Å². The van der Waals surface area contributed by atoms with Gasteiger partial charge in [0, 0.05) is 11.6 Å². The Hall–Kier alpha value is -1.43. The highest BCUT2D eigenvalue weighted by Crippen LogP contribution is 2.28. The molecule has 0 aromatic rings. The third-order valence-electron chi connectivity index (χ3n) is 2.96. The van der Waals surface area contributed by atoms with Gasteiger partial charge in [0.05, 0.1) is 6.10 Å². The van der Waals surface area contributed by atoms with Crippen molar-refractivity contribution < 1.29 is 24.5 Å². The number of esters is 1. The minimum atomic E-state index is -1.26. The van der Waals surface area contributed by atoms with Gasteiger partial charge in [0.2, 0.25) is 6.29 Å². The van der Waals surface area contributed by atoms with Crippen molar-refractivity contribution in [2.24, 2.45) is 0 Å². The van der Waals surface area contributed by atoms with E-state index in [4.69, 9.17) is 4.74 Å². The van der Waals surface area contributed by atoms with Crippen LogP contribution in [0.1, 0.15) is 19.8 Å². The Morgan fingerprint density at radius 2 is 2.22 bits per heavy atom. The molecule has 2 heterocycles. The molecule has 2 aliphatic heterocycles. The molecule has 0 aliphatic carbocycles. The first-order valence-corrected chi connectivity index (χ1v) is 5.85. The van der Waals surface area contributed by atoms with E-state index in [1.807, 2.05) is 25.2 Å². The molecule has 0 spiro atoms. The Morgan fingerprint density at radius 1 is 1.44 bits per heavy atom. The third kappa shape index (κ3) is 2.69. The topological polar surface area (TPSA) is 76.0 Å². The normalized spacial score (nSPS) is 32.4. The lowest BCUT2D eigenvalue weighted by Gasteiger charge is -2.28. The zero-order chi connectivity index (χ0) is 13.1. The minimum Gasteiger partial charge on any atom is -0.429 e. The largest absolute Gasteiger partial charge is 0.429 e. The average molecular weight is 252 g/mol. The van der Waals surface area contributed by atoms with E-state index in [1.54, 1.807) is 0 Å². The second-order valence-electron chi connectivity index (χ2n) is 4.20. The summed E-state index contributed by atoms with van der Waals surface area (Å²) >= 11 is 0. The summed E-state index contributed by atoms with van der Waals surface area (Å²) in [6.45, 7) is 1.90. The third-order valence-corrected chi connectivity index (χ3v) is 2.96. The molecule has 18 heavy (non-hydrogen) atoms. The van der Waals surface area contributed by atoms with E-state index in [0.717, 1.165) is 5.57 Å². The van der Waals surface area contributed by atoms with Crippen molar-refractivity contribution in [2.75, 3.05) is 0 Å². The molecule has 2 N–H and O–H groups in total. The van der Waals surface area contributed by atoms with Gasteiger partial charge in [-0.1, -0.05) is 18.2 Å². The Labute approximate surface area is 105 Å². The highest BCUT2D eigenvalue weighted by atomic mass is 16.6. The van der Waals surface area contributed by atoms with Crippen LogP contribution in [0.5, 0.6) is 0 Å². The van der Waals surface area contributed by atoms with Gasteiger partial charge in [-0.25, -0.2) is 4.79 Å². The number of hydrogen-bond donors (Lipinski definition) is 2. The summed E-state index contributed by atoms with van der Waals surface area (Å²) in [5, 5.41) is 19.3. The van der Waals surface area contributed by atoms with Crippen molar-refractivity contribution >= 4 is 5.97 Å². The molecule has 0 saturated heterocycles. The van der Waals surface area contributed by atoms with E-state index in [2.05, 4.69) is 4.74 Å². The highest BCUT2D eigenvalue weighted by molar-refractivity contribution is 5.85. The van der Waals surface area contributed by atoms with E-state index >= 15 is 0 Å². The minimum absolute atomic E-state index is 0.361. The number of rotatable bonds is 3. The van der Waals surface area contributed by atoms with Crippen molar-refractivity contribution in [3.8, 4) is 0 Å². The predicted molar refractivity (Wildman–Crippen MR) is 63.2 cm³/mol. The van der Waals surface area contributed by atoms with E-state index < -0.39 is 24.7 Å². The summed E-state index contributed by atoms with van der Waals surface area (Å²) in [5.41, 5.74) is 1.14. The number of cyclic esters (lactones) is 1. The van der Waals surface area contributed by atoms with Gasteiger partial charge in [-0.15, -0.1) is 0 Å². The molecule has 0 radical (unpaired) electrons. The van der Waals surface area contributed by atoms with Gasteiger partial charge >= 0.3 is 5.97 Å². The number of carbonyl (C=O) groups excluding carboxylic acids is 1. The van der Waals surface area contributed by atoms with Crippen molar-refractivity contribution in [3.63, 3.8) is 0 Å². The molecule has 5 nitrogen and oxygen atoms in total. The fourth-order valence-corrected chi connectivity index (χ4v) is 1.98. The van der Waals surface area contributed by atoms with Crippen LogP contribution in [-0.2, 0) is 14.3 Å². The van der Waals surface area contributed by atoms with Crippen LogP contribution in [-0.4, -0.2) is 34.9 Å². The molecule has 5 heteroatoms. The van der Waals surface area contributed by atoms with Crippen molar-refractivity contribution in [3.05, 3.63) is 35.5 Å². The summed E-state index contributed by atoms with van der Waals surface area (Å²) in [6, 6.07) is 0. The fourth-order valence-electron chi connectivity index (χ4n) is 1.98. The van der Waals surface area contributed by atoms with Crippen LogP contribution < -0.4 is 0 Å². The molecule has 3 atom stereocenters. The van der Waals surface area contributed by atoms with Crippen LogP contribution >= 0.6 is 0 Å². The standard InChI is InChI=1S/C13H16O5/c1-2-3-4-8-5-6-10(17-12(8)15)9-7-11(14)18-13(9)16/h2-3,5,7,10,12-13,15-16H,4,6H2,1H3/b3-2+. The number of allylic oxidation sites excluding steroid dienone is 2. The highest BCUT2D eigenvalue weighted by Gasteiger charge is 2.34. The molecule has 0 fully saturated rings. The molecule has 0 saturated carbocycles. The molecule has 0 aromatic carbocycles. The van der Waals surface area contributed by atoms with Crippen LogP contribution in [0.4, 0.5) is 0 Å². The second kappa shape index (κ2) is 5.48. The maximum Gasteiger partial charge on any atom is 0.333 e. The lowest BCUT2D eigenvalue weighted by molar-refractivity contribution is -0.155. The summed E-state index contributed by atoms with van der Waals surface area (Å²) in [4.78, 5) is 11.0. The zero-order valence-corrected chi connectivity index (χ0v) is 10.1. The van der Waals surface area contributed by atoms with Gasteiger partial charge < -0.3 is 19.7 Å². The molecule has 0 bridgehead atoms. The van der Waals surface area contributed by atoms with Gasteiger partial charge in [0.15, 0.2) is 6.29 Å². The van der Waals surface area contributed by atoms with Crippen LogP contribution in [0.15, 0.2) is 35.5 Å². The SMILES string of the molecule is C/C=C/CC1=CCC(C2=CC(=O)OC2O)OC1O. The quantitative estimate of drug-likeness (QED) is 0.573. The number of ether oxygens (including phenoxy) is 2. The van der Waals surface area contributed by atoms with Gasteiger partial charge in [0.1, 0.15) is 0 Å². The smallest absolute Gasteiger partial charge is 0.333 e. The first kappa shape index (κ1) is 13.0. The maximum absolute atomic E-state index is 11.0. The van der Waals surface area contributed by atoms with E-state index in [1.165, 1.54) is 6.08 Å². The van der Waals surface area contributed by atoms with E-state index in [9.17, 15) is 15.0 Å². The van der Waals surface area contributed by atoms with Gasteiger partial charge in [-0.3, -0.25) is 0 Å². The van der Waals surface area contributed by atoms with Crippen LogP contribution in [0.2, 0.25) is 0 Å². The van der Waals surface area contributed by atoms with Gasteiger partial charge in [-0.05, 0) is 25.3 Å². The lowest BCUT2D eigenvalue weighted by atomic mass is 10.00. The number of aliphatic hydroxyl groups is 2. The monoisotopic (exact) mass is 252 g/mol. The average Bonchev–Trinajstić information content (AvgIpc) is 2.67. The predicted octanol–water partition coefficient (Wildman–Crippen LogP) is 0.788. The van der Waals surface area contributed by atoms with Crippen LogP contribution in [0, 0.1) is 0 Å². The molecule has 3 unspecified atom stereocenters. The molecule has 98 valence electrons. The number of aliphatic hydroxyl groups excluding tert-OH is 2. The Bertz CT molecular complexity index is 421. The number of hydrogen-bond acceptors (Lipinski definition) is 5. The summed E-state index contributed by atoms with van der Waals surface area (Å²) in [6.07, 6.45) is 5.25. The molecule has 2 rings (SSSR count). The first-order valence-electron chi connectivity index (χ1n) is 5.85. The Morgan fingerprint density at radius 3 is 2.78 bits per heavy atom.